The van der Waals surface area contributed by atoms with E-state index in [9.17, 15) is 4.21 Å². The summed E-state index contributed by atoms with van der Waals surface area (Å²) >= 11 is 12.9. The molecule has 2 atom stereocenters. The topological polar surface area (TPSA) is 50.4 Å². The molecule has 0 amide bonds. The molecule has 1 unspecified atom stereocenters. The molecule has 0 spiro atoms. The third kappa shape index (κ3) is 5.46. The van der Waals surface area contributed by atoms with E-state index in [0.717, 1.165) is 31.5 Å². The number of halogens is 2. The number of ether oxygens (including phenoxy) is 1. The van der Waals surface area contributed by atoms with E-state index in [1.807, 2.05) is 26.8 Å². The molecule has 0 aromatic heterocycles. The van der Waals surface area contributed by atoms with E-state index in [0.29, 0.717) is 22.4 Å². The molecule has 0 bridgehead atoms. The monoisotopic (exact) mass is 418 g/mol. The number of benzene rings is 1. The quantitative estimate of drug-likeness (QED) is 0.633. The number of nitrogens with one attached hydrogen (secondary N) is 2. The van der Waals surface area contributed by atoms with Crippen molar-refractivity contribution in [2.75, 3.05) is 19.7 Å². The third-order valence-electron chi connectivity index (χ3n) is 4.41. The van der Waals surface area contributed by atoms with Crippen LogP contribution < -0.4 is 14.8 Å². The molecule has 146 valence electrons. The fourth-order valence-electron chi connectivity index (χ4n) is 2.97. The summed E-state index contributed by atoms with van der Waals surface area (Å²) < 4.78 is 21.6. The van der Waals surface area contributed by atoms with Crippen molar-refractivity contribution in [1.82, 2.24) is 10.0 Å². The molecule has 1 aliphatic rings. The highest BCUT2D eigenvalue weighted by molar-refractivity contribution is 7.84. The van der Waals surface area contributed by atoms with E-state index >= 15 is 0 Å². The van der Waals surface area contributed by atoms with E-state index in [1.54, 1.807) is 12.1 Å². The lowest BCUT2D eigenvalue weighted by Crippen LogP contribution is -2.41. The van der Waals surface area contributed by atoms with Crippen molar-refractivity contribution in [1.29, 1.82) is 0 Å². The number of piperidine rings is 1. The lowest BCUT2D eigenvalue weighted by molar-refractivity contribution is 0.295. The maximum atomic E-state index is 12.9. The van der Waals surface area contributed by atoms with Gasteiger partial charge in [0.1, 0.15) is 12.4 Å². The maximum Gasteiger partial charge on any atom is 0.126 e. The van der Waals surface area contributed by atoms with Gasteiger partial charge in [0.25, 0.3) is 0 Å². The first-order chi connectivity index (χ1) is 12.3. The van der Waals surface area contributed by atoms with Crippen molar-refractivity contribution in [3.05, 3.63) is 40.4 Å². The summed E-state index contributed by atoms with van der Waals surface area (Å²) in [6.45, 7) is 11.8. The summed E-state index contributed by atoms with van der Waals surface area (Å²) in [6.07, 6.45) is 3.61. The molecular formula is C19H28Cl2N2O2S. The van der Waals surface area contributed by atoms with Crippen LogP contribution >= 0.6 is 23.2 Å². The first-order valence-electron chi connectivity index (χ1n) is 8.86. The predicted octanol–water partition coefficient (Wildman–Crippen LogP) is 4.65. The number of hydrogen-bond acceptors (Lipinski definition) is 3. The first kappa shape index (κ1) is 21.7. The summed E-state index contributed by atoms with van der Waals surface area (Å²) in [7, 11) is -1.25. The van der Waals surface area contributed by atoms with Gasteiger partial charge >= 0.3 is 0 Å². The SMILES string of the molecule is C=CCOc1ccc(Cl)c(Cl)c1C(N[S@](=O)C(C)(C)C)C1CCNCC1. The Morgan fingerprint density at radius 1 is 1.38 bits per heavy atom. The zero-order chi connectivity index (χ0) is 19.3. The molecule has 1 fully saturated rings. The molecule has 1 saturated heterocycles. The van der Waals surface area contributed by atoms with E-state index in [4.69, 9.17) is 27.9 Å². The van der Waals surface area contributed by atoms with Gasteiger partial charge in [-0.2, -0.15) is 0 Å². The van der Waals surface area contributed by atoms with Gasteiger partial charge in [-0.15, -0.1) is 0 Å². The summed E-state index contributed by atoms with van der Waals surface area (Å²) in [4.78, 5) is 0. The fraction of sp³-hybridized carbons (Fsp3) is 0.579. The lowest BCUT2D eigenvalue weighted by atomic mass is 9.86. The molecule has 1 aromatic carbocycles. The van der Waals surface area contributed by atoms with Crippen LogP contribution in [0.15, 0.2) is 24.8 Å². The van der Waals surface area contributed by atoms with Crippen molar-refractivity contribution >= 4 is 34.2 Å². The van der Waals surface area contributed by atoms with Gasteiger partial charge in [0, 0.05) is 5.56 Å². The minimum Gasteiger partial charge on any atom is -0.489 e. The Morgan fingerprint density at radius 3 is 2.62 bits per heavy atom. The zero-order valence-electron chi connectivity index (χ0n) is 15.6. The molecule has 26 heavy (non-hydrogen) atoms. The molecule has 0 aliphatic carbocycles. The van der Waals surface area contributed by atoms with Crippen molar-refractivity contribution in [2.45, 2.75) is 44.4 Å². The van der Waals surface area contributed by atoms with Crippen molar-refractivity contribution in [3.63, 3.8) is 0 Å². The maximum absolute atomic E-state index is 12.9. The Morgan fingerprint density at radius 2 is 2.04 bits per heavy atom. The lowest BCUT2D eigenvalue weighted by Gasteiger charge is -2.34. The van der Waals surface area contributed by atoms with E-state index in [1.165, 1.54) is 0 Å². The van der Waals surface area contributed by atoms with Gasteiger partial charge < -0.3 is 10.1 Å². The van der Waals surface area contributed by atoms with Gasteiger partial charge in [0.15, 0.2) is 0 Å². The molecule has 1 heterocycles. The second-order valence-electron chi connectivity index (χ2n) is 7.44. The fourth-order valence-corrected chi connectivity index (χ4v) is 4.31. The molecule has 0 saturated carbocycles. The molecule has 4 nitrogen and oxygen atoms in total. The van der Waals surface area contributed by atoms with E-state index < -0.39 is 15.7 Å². The van der Waals surface area contributed by atoms with Gasteiger partial charge in [0.05, 0.1) is 31.8 Å². The molecule has 1 aromatic rings. The standard InChI is InChI=1S/C19H28Cl2N2O2S/c1-5-12-25-15-7-6-14(20)17(21)16(15)18(13-8-10-22-11-9-13)23-26(24)19(2,3)4/h5-7,13,18,22-23H,1,8-12H2,2-4H3/t18?,26-/m1/s1. The average molecular weight is 419 g/mol. The van der Waals surface area contributed by atoms with Crippen LogP contribution in [-0.4, -0.2) is 28.7 Å². The molecule has 7 heteroatoms. The Bertz CT molecular complexity index is 656. The van der Waals surface area contributed by atoms with Crippen LogP contribution in [0.3, 0.4) is 0 Å². The second-order valence-corrected chi connectivity index (χ2v) is 10.2. The highest BCUT2D eigenvalue weighted by atomic mass is 35.5. The average Bonchev–Trinajstić information content (AvgIpc) is 2.61. The van der Waals surface area contributed by atoms with Crippen molar-refractivity contribution < 1.29 is 8.95 Å². The minimum absolute atomic E-state index is 0.205. The highest BCUT2D eigenvalue weighted by Crippen LogP contribution is 2.42. The van der Waals surface area contributed by atoms with Gasteiger partial charge in [-0.1, -0.05) is 35.9 Å². The Labute approximate surface area is 169 Å². The largest absolute Gasteiger partial charge is 0.489 e. The zero-order valence-corrected chi connectivity index (χ0v) is 17.9. The molecule has 2 N–H and O–H groups in total. The van der Waals surface area contributed by atoms with Crippen LogP contribution in [0.2, 0.25) is 10.0 Å². The summed E-state index contributed by atoms with van der Waals surface area (Å²) in [5.41, 5.74) is 0.783. The van der Waals surface area contributed by atoms with Crippen LogP contribution in [0.5, 0.6) is 5.75 Å². The normalized spacial score (nSPS) is 18.3. The van der Waals surface area contributed by atoms with Crippen LogP contribution in [-0.2, 0) is 11.0 Å². The Balaban J connectivity index is 2.47. The molecular weight excluding hydrogens is 391 g/mol. The van der Waals surface area contributed by atoms with Gasteiger partial charge in [-0.05, 0) is 64.8 Å². The Kier molecular flexibility index (Phi) is 7.98. The number of rotatable bonds is 7. The summed E-state index contributed by atoms with van der Waals surface area (Å²) in [5, 5.41) is 4.29. The molecule has 1 aliphatic heterocycles. The van der Waals surface area contributed by atoms with Gasteiger partial charge in [0.2, 0.25) is 0 Å². The van der Waals surface area contributed by atoms with E-state index in [2.05, 4.69) is 16.6 Å². The highest BCUT2D eigenvalue weighted by Gasteiger charge is 2.33. The molecule has 0 radical (unpaired) electrons. The summed E-state index contributed by atoms with van der Waals surface area (Å²) in [5.74, 6) is 0.936. The van der Waals surface area contributed by atoms with Crippen molar-refractivity contribution in [2.24, 2.45) is 5.92 Å². The van der Waals surface area contributed by atoms with Crippen LogP contribution in [0.4, 0.5) is 0 Å². The predicted molar refractivity (Wildman–Crippen MR) is 112 cm³/mol. The van der Waals surface area contributed by atoms with Crippen LogP contribution in [0.1, 0.15) is 45.2 Å². The second kappa shape index (κ2) is 9.56. The van der Waals surface area contributed by atoms with Gasteiger partial charge in [-0.3, -0.25) is 0 Å². The first-order valence-corrected chi connectivity index (χ1v) is 10.8. The van der Waals surface area contributed by atoms with Crippen LogP contribution in [0, 0.1) is 5.92 Å². The van der Waals surface area contributed by atoms with Gasteiger partial charge in [-0.25, -0.2) is 8.93 Å². The molecule has 2 rings (SSSR count). The summed E-state index contributed by atoms with van der Waals surface area (Å²) in [6, 6.07) is 3.35. The number of hydrogen-bond donors (Lipinski definition) is 2. The third-order valence-corrected chi connectivity index (χ3v) is 6.81. The smallest absolute Gasteiger partial charge is 0.126 e. The Hall–Kier alpha value is -0.590. The minimum atomic E-state index is -1.25. The van der Waals surface area contributed by atoms with Crippen LogP contribution in [0.25, 0.3) is 0 Å². The van der Waals surface area contributed by atoms with E-state index in [-0.39, 0.29) is 12.0 Å². The van der Waals surface area contributed by atoms with Crippen molar-refractivity contribution in [3.8, 4) is 5.75 Å².